The highest BCUT2D eigenvalue weighted by atomic mass is 79.9. The number of rotatable bonds is 2. The zero-order valence-corrected chi connectivity index (χ0v) is 10.7. The van der Waals surface area contributed by atoms with Crippen molar-refractivity contribution in [1.29, 1.82) is 0 Å². The predicted molar refractivity (Wildman–Crippen MR) is 67.6 cm³/mol. The second-order valence-corrected chi connectivity index (χ2v) is 4.33. The fourth-order valence-corrected chi connectivity index (χ4v) is 1.61. The molecule has 3 nitrogen and oxygen atoms in total. The van der Waals surface area contributed by atoms with E-state index >= 15 is 0 Å². The molecule has 0 spiro atoms. The van der Waals surface area contributed by atoms with Gasteiger partial charge in [-0.15, -0.1) is 0 Å². The van der Waals surface area contributed by atoms with E-state index in [4.69, 9.17) is 10.5 Å². The number of aromatic nitrogens is 1. The molecule has 88 valence electrons. The number of halogens is 2. The summed E-state index contributed by atoms with van der Waals surface area (Å²) in [6.45, 7) is 1.90. The van der Waals surface area contributed by atoms with Crippen LogP contribution in [-0.4, -0.2) is 4.98 Å². The van der Waals surface area contributed by atoms with E-state index in [-0.39, 0.29) is 5.75 Å². The minimum absolute atomic E-state index is 0.0954. The van der Waals surface area contributed by atoms with Gasteiger partial charge in [-0.05, 0) is 46.6 Å². The van der Waals surface area contributed by atoms with Gasteiger partial charge in [0.1, 0.15) is 0 Å². The summed E-state index contributed by atoms with van der Waals surface area (Å²) in [5, 5.41) is 0. The first-order chi connectivity index (χ1) is 8.08. The number of nitrogens with zero attached hydrogens (tertiary/aromatic N) is 1. The molecule has 0 fully saturated rings. The smallest absolute Gasteiger partial charge is 0.234 e. The molecule has 2 rings (SSSR count). The van der Waals surface area contributed by atoms with E-state index in [1.54, 1.807) is 12.3 Å². The minimum Gasteiger partial charge on any atom is -0.435 e. The lowest BCUT2D eigenvalue weighted by atomic mass is 10.3. The van der Waals surface area contributed by atoms with Crippen LogP contribution in [0.15, 0.2) is 34.9 Å². The summed E-state index contributed by atoms with van der Waals surface area (Å²) in [6, 6.07) is 6.08. The maximum atomic E-state index is 13.5. The number of aryl methyl sites for hydroxylation is 1. The van der Waals surface area contributed by atoms with E-state index in [2.05, 4.69) is 20.9 Å². The molecule has 0 radical (unpaired) electrons. The summed E-state index contributed by atoms with van der Waals surface area (Å²) in [4.78, 5) is 4.03. The van der Waals surface area contributed by atoms with E-state index in [1.807, 2.05) is 13.0 Å². The predicted octanol–water partition coefficient (Wildman–Crippen LogP) is 3.67. The van der Waals surface area contributed by atoms with Crippen molar-refractivity contribution >= 4 is 21.6 Å². The summed E-state index contributed by atoms with van der Waals surface area (Å²) in [5.74, 6) is -0.0909. The Morgan fingerprint density at radius 1 is 1.35 bits per heavy atom. The average molecular weight is 297 g/mol. The van der Waals surface area contributed by atoms with Gasteiger partial charge in [0.15, 0.2) is 11.6 Å². The Hall–Kier alpha value is -1.62. The molecule has 0 aliphatic heterocycles. The number of nitrogen functional groups attached to an aromatic ring is 1. The lowest BCUT2D eigenvalue weighted by Crippen LogP contribution is -1.94. The molecule has 0 saturated heterocycles. The number of anilines is 1. The van der Waals surface area contributed by atoms with E-state index in [9.17, 15) is 4.39 Å². The molecule has 1 aromatic heterocycles. The second-order valence-electron chi connectivity index (χ2n) is 3.54. The maximum absolute atomic E-state index is 13.5. The SMILES string of the molecule is Cc1ccnc(Oc2ccc(N)cc2F)c1Br. The first-order valence-corrected chi connectivity index (χ1v) is 5.71. The van der Waals surface area contributed by atoms with Crippen LogP contribution >= 0.6 is 15.9 Å². The van der Waals surface area contributed by atoms with Gasteiger partial charge in [-0.3, -0.25) is 0 Å². The number of hydrogen-bond donors (Lipinski definition) is 1. The maximum Gasteiger partial charge on any atom is 0.234 e. The van der Waals surface area contributed by atoms with E-state index in [0.29, 0.717) is 16.0 Å². The zero-order valence-electron chi connectivity index (χ0n) is 9.08. The second kappa shape index (κ2) is 4.71. The molecule has 1 heterocycles. The lowest BCUT2D eigenvalue weighted by molar-refractivity contribution is 0.425. The van der Waals surface area contributed by atoms with Crippen LogP contribution in [0.25, 0.3) is 0 Å². The van der Waals surface area contributed by atoms with Crippen molar-refractivity contribution in [2.24, 2.45) is 0 Å². The molecule has 2 aromatic rings. The molecule has 1 aromatic carbocycles. The fraction of sp³-hybridized carbons (Fsp3) is 0.0833. The van der Waals surface area contributed by atoms with Crippen molar-refractivity contribution in [2.75, 3.05) is 5.73 Å². The normalized spacial score (nSPS) is 10.3. The number of nitrogens with two attached hydrogens (primary N) is 1. The van der Waals surface area contributed by atoms with Crippen LogP contribution in [0, 0.1) is 12.7 Å². The Morgan fingerprint density at radius 3 is 2.82 bits per heavy atom. The van der Waals surface area contributed by atoms with E-state index in [1.165, 1.54) is 12.1 Å². The molecule has 0 aliphatic carbocycles. The van der Waals surface area contributed by atoms with Crippen molar-refractivity contribution in [3.8, 4) is 11.6 Å². The zero-order chi connectivity index (χ0) is 12.4. The van der Waals surface area contributed by atoms with Crippen molar-refractivity contribution in [2.45, 2.75) is 6.92 Å². The largest absolute Gasteiger partial charge is 0.435 e. The quantitative estimate of drug-likeness (QED) is 0.860. The van der Waals surface area contributed by atoms with Gasteiger partial charge in [0.25, 0.3) is 0 Å². The number of hydrogen-bond acceptors (Lipinski definition) is 3. The van der Waals surface area contributed by atoms with Crippen LogP contribution in [-0.2, 0) is 0 Å². The molecule has 0 atom stereocenters. The summed E-state index contributed by atoms with van der Waals surface area (Å²) >= 11 is 3.34. The van der Waals surface area contributed by atoms with Gasteiger partial charge in [-0.1, -0.05) is 0 Å². The van der Waals surface area contributed by atoms with Crippen molar-refractivity contribution < 1.29 is 9.13 Å². The van der Waals surface area contributed by atoms with Crippen LogP contribution in [0.3, 0.4) is 0 Å². The third-order valence-electron chi connectivity index (χ3n) is 2.21. The van der Waals surface area contributed by atoms with Crippen LogP contribution in [0.2, 0.25) is 0 Å². The molecule has 0 saturated carbocycles. The van der Waals surface area contributed by atoms with Gasteiger partial charge >= 0.3 is 0 Å². The lowest BCUT2D eigenvalue weighted by Gasteiger charge is -2.09. The van der Waals surface area contributed by atoms with Crippen LogP contribution < -0.4 is 10.5 Å². The third-order valence-corrected chi connectivity index (χ3v) is 3.18. The highest BCUT2D eigenvalue weighted by Gasteiger charge is 2.10. The van der Waals surface area contributed by atoms with Crippen molar-refractivity contribution in [3.63, 3.8) is 0 Å². The Kier molecular flexibility index (Phi) is 3.28. The van der Waals surface area contributed by atoms with Gasteiger partial charge in [-0.25, -0.2) is 9.37 Å². The molecule has 0 unspecified atom stereocenters. The highest BCUT2D eigenvalue weighted by molar-refractivity contribution is 9.10. The Balaban J connectivity index is 2.35. The van der Waals surface area contributed by atoms with Gasteiger partial charge in [-0.2, -0.15) is 0 Å². The van der Waals surface area contributed by atoms with Crippen LogP contribution in [0.1, 0.15) is 5.56 Å². The monoisotopic (exact) mass is 296 g/mol. The van der Waals surface area contributed by atoms with Crippen LogP contribution in [0.5, 0.6) is 11.6 Å². The van der Waals surface area contributed by atoms with Gasteiger partial charge < -0.3 is 10.5 Å². The van der Waals surface area contributed by atoms with E-state index < -0.39 is 5.82 Å². The topological polar surface area (TPSA) is 48.1 Å². The number of ether oxygens (including phenoxy) is 1. The van der Waals surface area contributed by atoms with Crippen molar-refractivity contribution in [1.82, 2.24) is 4.98 Å². The van der Waals surface area contributed by atoms with Crippen molar-refractivity contribution in [3.05, 3.63) is 46.3 Å². The van der Waals surface area contributed by atoms with Gasteiger partial charge in [0, 0.05) is 18.0 Å². The molecule has 0 aliphatic rings. The first-order valence-electron chi connectivity index (χ1n) is 4.92. The van der Waals surface area contributed by atoms with E-state index in [0.717, 1.165) is 5.56 Å². The fourth-order valence-electron chi connectivity index (χ4n) is 1.29. The molecule has 0 bridgehead atoms. The third kappa shape index (κ3) is 2.55. The minimum atomic E-state index is -0.514. The summed E-state index contributed by atoms with van der Waals surface area (Å²) in [7, 11) is 0. The molecule has 2 N–H and O–H groups in total. The first kappa shape index (κ1) is 11.9. The van der Waals surface area contributed by atoms with Gasteiger partial charge in [0.05, 0.1) is 4.47 Å². The molecule has 17 heavy (non-hydrogen) atoms. The summed E-state index contributed by atoms with van der Waals surface area (Å²) < 4.78 is 19.6. The number of benzene rings is 1. The Bertz CT molecular complexity index is 560. The molecule has 5 heteroatoms. The molecule has 0 amide bonds. The highest BCUT2D eigenvalue weighted by Crippen LogP contribution is 2.31. The van der Waals surface area contributed by atoms with Crippen LogP contribution in [0.4, 0.5) is 10.1 Å². The average Bonchev–Trinajstić information content (AvgIpc) is 2.28. The standard InChI is InChI=1S/C12H10BrFN2O/c1-7-4-5-16-12(11(7)13)17-10-3-2-8(15)6-9(10)14/h2-6H,15H2,1H3. The molecular weight excluding hydrogens is 287 g/mol. The Morgan fingerprint density at radius 2 is 2.12 bits per heavy atom. The Labute approximate surface area is 107 Å². The number of pyridine rings is 1. The summed E-state index contributed by atoms with van der Waals surface area (Å²) in [6.07, 6.45) is 1.60. The molecular formula is C12H10BrFN2O. The van der Waals surface area contributed by atoms with Gasteiger partial charge in [0.2, 0.25) is 5.88 Å². The summed E-state index contributed by atoms with van der Waals surface area (Å²) in [5.41, 5.74) is 6.77.